The molecule has 5 heteroatoms. The third-order valence-corrected chi connectivity index (χ3v) is 2.15. The number of phenols is 1. The molecule has 17 heavy (non-hydrogen) atoms. The molecule has 3 rings (SSSR count). The third kappa shape index (κ3) is 4.56. The van der Waals surface area contributed by atoms with Crippen LogP contribution >= 0.6 is 0 Å². The summed E-state index contributed by atoms with van der Waals surface area (Å²) in [5.74, 6) is 0.322. The van der Waals surface area contributed by atoms with Gasteiger partial charge in [-0.05, 0) is 23.4 Å². The molecular weight excluding hydrogens is 218 g/mol. The summed E-state index contributed by atoms with van der Waals surface area (Å²) in [6.45, 7) is 0.865. The number of para-hydroxylation sites is 1. The van der Waals surface area contributed by atoms with Crippen LogP contribution in [0.5, 0.6) is 5.75 Å². The number of hydrogen-bond donors (Lipinski definition) is 1. The van der Waals surface area contributed by atoms with Crippen molar-refractivity contribution in [3.63, 3.8) is 0 Å². The Balaban J connectivity index is 0.000000136. The van der Waals surface area contributed by atoms with Crippen molar-refractivity contribution < 1.29 is 9.84 Å². The van der Waals surface area contributed by atoms with E-state index in [1.807, 2.05) is 12.1 Å². The van der Waals surface area contributed by atoms with Crippen molar-refractivity contribution in [3.05, 3.63) is 48.3 Å². The molecule has 0 saturated carbocycles. The fourth-order valence-corrected chi connectivity index (χ4v) is 1.22. The van der Waals surface area contributed by atoms with E-state index in [4.69, 9.17) is 9.84 Å². The summed E-state index contributed by atoms with van der Waals surface area (Å²) in [5, 5.41) is 19.5. The highest BCUT2D eigenvalue weighted by Gasteiger charge is 2.23. The number of rotatable bonds is 2. The van der Waals surface area contributed by atoms with Gasteiger partial charge in [-0.25, -0.2) is 0 Å². The van der Waals surface area contributed by atoms with Gasteiger partial charge in [0.1, 0.15) is 5.75 Å². The van der Waals surface area contributed by atoms with Crippen LogP contribution in [-0.4, -0.2) is 33.2 Å². The van der Waals surface area contributed by atoms with Crippen molar-refractivity contribution in [1.29, 1.82) is 0 Å². The number of hydrogen-bond acceptors (Lipinski definition) is 5. The molecule has 1 unspecified atom stereocenters. The molecule has 0 amide bonds. The van der Waals surface area contributed by atoms with Crippen LogP contribution in [0.4, 0.5) is 0 Å². The van der Waals surface area contributed by atoms with E-state index >= 15 is 0 Å². The van der Waals surface area contributed by atoms with Crippen molar-refractivity contribution in [1.82, 2.24) is 15.4 Å². The van der Waals surface area contributed by atoms with Crippen molar-refractivity contribution in [2.75, 3.05) is 6.61 Å². The molecule has 5 nitrogen and oxygen atoms in total. The van der Waals surface area contributed by atoms with Gasteiger partial charge in [-0.1, -0.05) is 18.2 Å². The average Bonchev–Trinajstić information content (AvgIpc) is 3.16. The van der Waals surface area contributed by atoms with Crippen LogP contribution in [0.1, 0.15) is 5.69 Å². The van der Waals surface area contributed by atoms with E-state index in [2.05, 4.69) is 15.4 Å². The Kier molecular flexibility index (Phi) is 3.99. The first-order valence-corrected chi connectivity index (χ1v) is 5.33. The summed E-state index contributed by atoms with van der Waals surface area (Å²) in [6.07, 6.45) is 2.90. The Bertz CT molecular complexity index is 432. The quantitative estimate of drug-likeness (QED) is 0.786. The molecule has 2 aromatic rings. The smallest absolute Gasteiger partial charge is 0.115 e. The molecule has 1 aromatic heterocycles. The summed E-state index contributed by atoms with van der Waals surface area (Å²) in [5.41, 5.74) is 0.956. The SMILES string of the molecule is Oc1ccccc1.c1cc(CC2CO2)nnn1. The summed E-state index contributed by atoms with van der Waals surface area (Å²) in [6, 6.07) is 10.6. The third-order valence-electron chi connectivity index (χ3n) is 2.15. The Morgan fingerprint density at radius 3 is 2.47 bits per heavy atom. The number of nitrogens with zero attached hydrogens (tertiary/aromatic N) is 3. The molecule has 0 bridgehead atoms. The van der Waals surface area contributed by atoms with E-state index in [1.165, 1.54) is 0 Å². The first-order chi connectivity index (χ1) is 8.34. The van der Waals surface area contributed by atoms with Crippen molar-refractivity contribution in [2.24, 2.45) is 0 Å². The molecule has 1 aliphatic rings. The minimum Gasteiger partial charge on any atom is -0.508 e. The van der Waals surface area contributed by atoms with Gasteiger partial charge >= 0.3 is 0 Å². The molecule has 2 heterocycles. The first-order valence-electron chi connectivity index (χ1n) is 5.33. The molecular formula is C12H13N3O2. The molecule has 1 aromatic carbocycles. The van der Waals surface area contributed by atoms with Crippen LogP contribution in [0.25, 0.3) is 0 Å². The van der Waals surface area contributed by atoms with E-state index < -0.39 is 0 Å². The van der Waals surface area contributed by atoms with Gasteiger partial charge in [-0.2, -0.15) is 0 Å². The van der Waals surface area contributed by atoms with Crippen molar-refractivity contribution in [2.45, 2.75) is 12.5 Å². The molecule has 1 aliphatic heterocycles. The van der Waals surface area contributed by atoms with Gasteiger partial charge in [0.15, 0.2) is 0 Å². The highest BCUT2D eigenvalue weighted by molar-refractivity contribution is 5.18. The number of aromatic hydroxyl groups is 1. The lowest BCUT2D eigenvalue weighted by Crippen LogP contribution is -1.98. The topological polar surface area (TPSA) is 71.4 Å². The summed E-state index contributed by atoms with van der Waals surface area (Å²) in [4.78, 5) is 0. The van der Waals surface area contributed by atoms with E-state index in [0.717, 1.165) is 18.7 Å². The maximum atomic E-state index is 8.63. The zero-order chi connectivity index (χ0) is 11.9. The summed E-state index contributed by atoms with van der Waals surface area (Å²) >= 11 is 0. The number of benzene rings is 1. The number of epoxide rings is 1. The molecule has 1 saturated heterocycles. The fraction of sp³-hybridized carbons (Fsp3) is 0.250. The van der Waals surface area contributed by atoms with Crippen LogP contribution < -0.4 is 0 Å². The fourth-order valence-electron chi connectivity index (χ4n) is 1.22. The van der Waals surface area contributed by atoms with Gasteiger partial charge in [0, 0.05) is 6.42 Å². The van der Waals surface area contributed by atoms with Gasteiger partial charge in [0.05, 0.1) is 24.6 Å². The van der Waals surface area contributed by atoms with Gasteiger partial charge in [-0.15, -0.1) is 10.2 Å². The maximum Gasteiger partial charge on any atom is 0.115 e. The van der Waals surface area contributed by atoms with E-state index in [0.29, 0.717) is 11.9 Å². The number of aromatic nitrogens is 3. The van der Waals surface area contributed by atoms with Crippen LogP contribution in [-0.2, 0) is 11.2 Å². The molecule has 0 radical (unpaired) electrons. The number of phenolic OH excluding ortho intramolecular Hbond substituents is 1. The van der Waals surface area contributed by atoms with Crippen LogP contribution in [0.15, 0.2) is 42.6 Å². The van der Waals surface area contributed by atoms with Crippen molar-refractivity contribution in [3.8, 4) is 5.75 Å². The second kappa shape index (κ2) is 5.91. The minimum absolute atomic E-state index is 0.322. The lowest BCUT2D eigenvalue weighted by atomic mass is 10.2. The van der Waals surface area contributed by atoms with E-state index in [9.17, 15) is 0 Å². The standard InChI is InChI=1S/C6H7N3O.C6H6O/c1-2-7-9-8-5(1)3-6-4-10-6;7-6-4-2-1-3-5-6/h1-2,6H,3-4H2;1-5,7H. The second-order valence-electron chi connectivity index (χ2n) is 3.61. The first kappa shape index (κ1) is 11.5. The van der Waals surface area contributed by atoms with Crippen LogP contribution in [0, 0.1) is 0 Å². The van der Waals surface area contributed by atoms with Gasteiger partial charge in [0.2, 0.25) is 0 Å². The summed E-state index contributed by atoms with van der Waals surface area (Å²) < 4.78 is 5.02. The Labute approximate surface area is 99.1 Å². The largest absolute Gasteiger partial charge is 0.508 e. The normalized spacial score (nSPS) is 16.8. The highest BCUT2D eigenvalue weighted by Crippen LogP contribution is 2.13. The van der Waals surface area contributed by atoms with Crippen molar-refractivity contribution >= 4 is 0 Å². The maximum absolute atomic E-state index is 8.63. The zero-order valence-electron chi connectivity index (χ0n) is 9.23. The predicted octanol–water partition coefficient (Wildman–Crippen LogP) is 1.21. The lowest BCUT2D eigenvalue weighted by Gasteiger charge is -1.90. The average molecular weight is 231 g/mol. The minimum atomic E-state index is 0.322. The van der Waals surface area contributed by atoms with Crippen LogP contribution in [0.3, 0.4) is 0 Å². The lowest BCUT2D eigenvalue weighted by molar-refractivity contribution is 0.405. The van der Waals surface area contributed by atoms with E-state index in [1.54, 1.807) is 30.5 Å². The molecule has 0 aliphatic carbocycles. The van der Waals surface area contributed by atoms with E-state index in [-0.39, 0.29) is 0 Å². The zero-order valence-corrected chi connectivity index (χ0v) is 9.23. The molecule has 0 spiro atoms. The Morgan fingerprint density at radius 2 is 2.00 bits per heavy atom. The molecule has 1 atom stereocenters. The monoisotopic (exact) mass is 231 g/mol. The highest BCUT2D eigenvalue weighted by atomic mass is 16.6. The molecule has 88 valence electrons. The van der Waals surface area contributed by atoms with Gasteiger partial charge < -0.3 is 9.84 Å². The predicted molar refractivity (Wildman–Crippen MR) is 61.4 cm³/mol. The van der Waals surface area contributed by atoms with Crippen LogP contribution in [0.2, 0.25) is 0 Å². The number of ether oxygens (including phenoxy) is 1. The van der Waals surface area contributed by atoms with Gasteiger partial charge in [0.25, 0.3) is 0 Å². The Hall–Kier alpha value is -2.01. The van der Waals surface area contributed by atoms with Gasteiger partial charge in [-0.3, -0.25) is 0 Å². The second-order valence-corrected chi connectivity index (χ2v) is 3.61. The Morgan fingerprint density at radius 1 is 1.24 bits per heavy atom. The molecule has 1 N–H and O–H groups in total. The molecule has 1 fully saturated rings. The summed E-state index contributed by atoms with van der Waals surface area (Å²) in [7, 11) is 0.